The highest BCUT2D eigenvalue weighted by Gasteiger charge is 2.29. The van der Waals surface area contributed by atoms with Crippen molar-refractivity contribution in [2.45, 2.75) is 25.0 Å². The van der Waals surface area contributed by atoms with Crippen molar-refractivity contribution in [3.8, 4) is 0 Å². The van der Waals surface area contributed by atoms with E-state index in [1.165, 1.54) is 5.56 Å². The number of hydroxylamine groups is 2. The summed E-state index contributed by atoms with van der Waals surface area (Å²) in [5, 5.41) is 2.98. The highest BCUT2D eigenvalue weighted by molar-refractivity contribution is 5.78. The zero-order valence-corrected chi connectivity index (χ0v) is 11.8. The summed E-state index contributed by atoms with van der Waals surface area (Å²) >= 11 is 0. The van der Waals surface area contributed by atoms with E-state index in [9.17, 15) is 0 Å². The van der Waals surface area contributed by atoms with Crippen LogP contribution >= 0.6 is 0 Å². The van der Waals surface area contributed by atoms with Crippen LogP contribution in [0.5, 0.6) is 0 Å². The van der Waals surface area contributed by atoms with E-state index in [0.717, 1.165) is 30.3 Å². The Bertz CT molecular complexity index is 590. The topological polar surface area (TPSA) is 47.5 Å². The van der Waals surface area contributed by atoms with E-state index in [1.54, 1.807) is 20.5 Å². The molecule has 1 aromatic heterocycles. The average Bonchev–Trinajstić information content (AvgIpc) is 2.53. The van der Waals surface area contributed by atoms with Gasteiger partial charge < -0.3 is 4.74 Å². The van der Waals surface area contributed by atoms with Crippen LogP contribution in [0.15, 0.2) is 30.7 Å². The zero-order valence-electron chi connectivity index (χ0n) is 11.8. The Morgan fingerprint density at radius 1 is 1.30 bits per heavy atom. The van der Waals surface area contributed by atoms with Crippen LogP contribution in [0, 0.1) is 0 Å². The summed E-state index contributed by atoms with van der Waals surface area (Å²) in [4.78, 5) is 13.7. The molecule has 2 heterocycles. The number of benzene rings is 1. The number of methoxy groups -OCH3 is 1. The van der Waals surface area contributed by atoms with E-state index < -0.39 is 0 Å². The average molecular weight is 273 g/mol. The Morgan fingerprint density at radius 3 is 3.00 bits per heavy atom. The summed E-state index contributed by atoms with van der Waals surface area (Å²) in [5.41, 5.74) is 2.31. The second-order valence-electron chi connectivity index (χ2n) is 5.08. The van der Waals surface area contributed by atoms with Crippen LogP contribution in [-0.2, 0) is 9.57 Å². The van der Waals surface area contributed by atoms with Crippen LogP contribution in [0.4, 0.5) is 0 Å². The Labute approximate surface area is 118 Å². The van der Waals surface area contributed by atoms with Crippen LogP contribution < -0.4 is 0 Å². The SMILES string of the molecule is COC1CC(c2ccc3cncnc3c2)CCN1OC. The number of rotatable bonds is 3. The van der Waals surface area contributed by atoms with Gasteiger partial charge in [-0.3, -0.25) is 4.84 Å². The first-order valence-corrected chi connectivity index (χ1v) is 6.85. The standard InChI is InChI=1S/C15H19N3O2/c1-19-15-8-12(5-6-18(15)20-2)11-3-4-13-9-16-10-17-14(13)7-11/h3-4,7,9-10,12,15H,5-6,8H2,1-2H3. The molecule has 1 fully saturated rings. The molecule has 1 aliphatic rings. The van der Waals surface area contributed by atoms with Gasteiger partial charge >= 0.3 is 0 Å². The van der Waals surface area contributed by atoms with Crippen molar-refractivity contribution in [1.82, 2.24) is 15.0 Å². The minimum Gasteiger partial charge on any atom is -0.364 e. The third kappa shape index (κ3) is 2.52. The minimum atomic E-state index is 0.0137. The van der Waals surface area contributed by atoms with E-state index >= 15 is 0 Å². The Kier molecular flexibility index (Phi) is 3.91. The molecule has 3 rings (SSSR count). The van der Waals surface area contributed by atoms with Crippen LogP contribution in [0.25, 0.3) is 10.9 Å². The van der Waals surface area contributed by atoms with Crippen molar-refractivity contribution in [2.75, 3.05) is 20.8 Å². The van der Waals surface area contributed by atoms with Gasteiger partial charge in [0.1, 0.15) is 12.6 Å². The Morgan fingerprint density at radius 2 is 2.20 bits per heavy atom. The van der Waals surface area contributed by atoms with E-state index in [-0.39, 0.29) is 6.23 Å². The van der Waals surface area contributed by atoms with Gasteiger partial charge in [-0.15, -0.1) is 0 Å². The van der Waals surface area contributed by atoms with Crippen LogP contribution in [0.3, 0.4) is 0 Å². The molecule has 0 aliphatic carbocycles. The molecule has 20 heavy (non-hydrogen) atoms. The van der Waals surface area contributed by atoms with E-state index in [0.29, 0.717) is 5.92 Å². The number of fused-ring (bicyclic) bond motifs is 1. The number of ether oxygens (including phenoxy) is 1. The normalized spacial score (nSPS) is 24.1. The van der Waals surface area contributed by atoms with Crippen molar-refractivity contribution in [3.05, 3.63) is 36.3 Å². The van der Waals surface area contributed by atoms with Gasteiger partial charge in [0.05, 0.1) is 12.6 Å². The highest BCUT2D eigenvalue weighted by atomic mass is 16.7. The van der Waals surface area contributed by atoms with Crippen LogP contribution in [0.2, 0.25) is 0 Å². The van der Waals surface area contributed by atoms with Gasteiger partial charge in [0.2, 0.25) is 0 Å². The fraction of sp³-hybridized carbons (Fsp3) is 0.467. The summed E-state index contributed by atoms with van der Waals surface area (Å²) in [5.74, 6) is 0.478. The molecule has 0 amide bonds. The van der Waals surface area contributed by atoms with Gasteiger partial charge in [-0.1, -0.05) is 12.1 Å². The minimum absolute atomic E-state index is 0.0137. The molecule has 2 unspecified atom stereocenters. The molecule has 0 N–H and O–H groups in total. The second kappa shape index (κ2) is 5.83. The first-order chi connectivity index (χ1) is 9.81. The lowest BCUT2D eigenvalue weighted by atomic mass is 9.88. The molecular weight excluding hydrogens is 254 g/mol. The van der Waals surface area contributed by atoms with Crippen molar-refractivity contribution >= 4 is 10.9 Å². The maximum absolute atomic E-state index is 5.51. The number of hydrogen-bond acceptors (Lipinski definition) is 5. The smallest absolute Gasteiger partial charge is 0.133 e. The van der Waals surface area contributed by atoms with Crippen LogP contribution in [-0.4, -0.2) is 42.0 Å². The first kappa shape index (κ1) is 13.4. The molecule has 0 spiro atoms. The molecular formula is C15H19N3O2. The van der Waals surface area contributed by atoms with Crippen molar-refractivity contribution in [2.24, 2.45) is 0 Å². The van der Waals surface area contributed by atoms with Gasteiger partial charge in [-0.25, -0.2) is 9.97 Å². The summed E-state index contributed by atoms with van der Waals surface area (Å²) < 4.78 is 5.51. The van der Waals surface area contributed by atoms with Gasteiger partial charge in [-0.05, 0) is 30.4 Å². The number of hydrogen-bond donors (Lipinski definition) is 0. The molecule has 1 aliphatic heterocycles. The summed E-state index contributed by atoms with van der Waals surface area (Å²) in [7, 11) is 3.42. The van der Waals surface area contributed by atoms with Crippen molar-refractivity contribution in [3.63, 3.8) is 0 Å². The lowest BCUT2D eigenvalue weighted by Crippen LogP contribution is -2.42. The predicted octanol–water partition coefficient (Wildman–Crippen LogP) is 2.34. The molecule has 0 bridgehead atoms. The molecule has 2 atom stereocenters. The van der Waals surface area contributed by atoms with Crippen molar-refractivity contribution in [1.29, 1.82) is 0 Å². The van der Waals surface area contributed by atoms with Crippen LogP contribution in [0.1, 0.15) is 24.3 Å². The fourth-order valence-corrected chi connectivity index (χ4v) is 2.88. The molecule has 5 nitrogen and oxygen atoms in total. The summed E-state index contributed by atoms with van der Waals surface area (Å²) in [6, 6.07) is 6.43. The summed E-state index contributed by atoms with van der Waals surface area (Å²) in [6.07, 6.45) is 5.44. The lowest BCUT2D eigenvalue weighted by molar-refractivity contribution is -0.244. The number of aromatic nitrogens is 2. The molecule has 5 heteroatoms. The second-order valence-corrected chi connectivity index (χ2v) is 5.08. The first-order valence-electron chi connectivity index (χ1n) is 6.85. The third-order valence-corrected chi connectivity index (χ3v) is 4.01. The van der Waals surface area contributed by atoms with Gasteiger partial charge in [0.25, 0.3) is 0 Å². The Hall–Kier alpha value is -1.56. The maximum atomic E-state index is 5.51. The Balaban J connectivity index is 1.84. The fourth-order valence-electron chi connectivity index (χ4n) is 2.88. The van der Waals surface area contributed by atoms with E-state index in [1.807, 2.05) is 11.3 Å². The zero-order chi connectivity index (χ0) is 13.9. The van der Waals surface area contributed by atoms with E-state index in [4.69, 9.17) is 9.57 Å². The monoisotopic (exact) mass is 273 g/mol. The summed E-state index contributed by atoms with van der Waals surface area (Å²) in [6.45, 7) is 0.876. The molecule has 1 aromatic carbocycles. The predicted molar refractivity (Wildman–Crippen MR) is 76.0 cm³/mol. The largest absolute Gasteiger partial charge is 0.364 e. The molecule has 2 aromatic rings. The number of nitrogens with zero attached hydrogens (tertiary/aromatic N) is 3. The third-order valence-electron chi connectivity index (χ3n) is 4.01. The molecule has 0 radical (unpaired) electrons. The molecule has 0 saturated carbocycles. The van der Waals surface area contributed by atoms with Gasteiger partial charge in [-0.2, -0.15) is 5.06 Å². The quantitative estimate of drug-likeness (QED) is 0.859. The molecule has 106 valence electrons. The van der Waals surface area contributed by atoms with Gasteiger partial charge in [0, 0.05) is 25.2 Å². The number of piperidine rings is 1. The van der Waals surface area contributed by atoms with Crippen molar-refractivity contribution < 1.29 is 9.57 Å². The molecule has 1 saturated heterocycles. The van der Waals surface area contributed by atoms with Gasteiger partial charge in [0.15, 0.2) is 0 Å². The highest BCUT2D eigenvalue weighted by Crippen LogP contribution is 2.32. The van der Waals surface area contributed by atoms with E-state index in [2.05, 4.69) is 28.2 Å². The lowest BCUT2D eigenvalue weighted by Gasteiger charge is -2.36. The maximum Gasteiger partial charge on any atom is 0.133 e.